The maximum atomic E-state index is 12.8. The molecule has 1 aliphatic rings. The van der Waals surface area contributed by atoms with Crippen molar-refractivity contribution < 1.29 is 19.5 Å². The van der Waals surface area contributed by atoms with Crippen molar-refractivity contribution in [3.05, 3.63) is 35.9 Å². The molecule has 1 aromatic rings. The minimum atomic E-state index is -1.50. The van der Waals surface area contributed by atoms with Gasteiger partial charge in [-0.05, 0) is 25.8 Å². The van der Waals surface area contributed by atoms with Crippen molar-refractivity contribution in [1.29, 1.82) is 0 Å². The van der Waals surface area contributed by atoms with E-state index >= 15 is 0 Å². The van der Waals surface area contributed by atoms with E-state index in [1.54, 1.807) is 38.1 Å². The van der Waals surface area contributed by atoms with Gasteiger partial charge in [-0.15, -0.1) is 0 Å². The van der Waals surface area contributed by atoms with Gasteiger partial charge in [-0.25, -0.2) is 4.79 Å². The lowest BCUT2D eigenvalue weighted by Crippen LogP contribution is -2.56. The monoisotopic (exact) mass is 289 g/mol. The van der Waals surface area contributed by atoms with Crippen molar-refractivity contribution in [3.63, 3.8) is 0 Å². The van der Waals surface area contributed by atoms with Crippen LogP contribution >= 0.6 is 0 Å². The van der Waals surface area contributed by atoms with Gasteiger partial charge in [-0.3, -0.25) is 14.5 Å². The Bertz CT molecular complexity index is 598. The molecule has 0 aromatic heterocycles. The highest BCUT2D eigenvalue weighted by molar-refractivity contribution is 6.11. The Hall–Kier alpha value is -2.17. The Morgan fingerprint density at radius 3 is 2.38 bits per heavy atom. The predicted octanol–water partition coefficient (Wildman–Crippen LogP) is 1.96. The fraction of sp³-hybridized carbons (Fsp3) is 0.438. The number of hydrogen-bond donors (Lipinski definition) is 1. The maximum absolute atomic E-state index is 12.8. The third kappa shape index (κ3) is 2.13. The molecule has 0 aliphatic carbocycles. The summed E-state index contributed by atoms with van der Waals surface area (Å²) in [5.41, 5.74) is -1.76. The van der Waals surface area contributed by atoms with Crippen molar-refractivity contribution in [3.8, 4) is 0 Å². The van der Waals surface area contributed by atoms with E-state index in [0.29, 0.717) is 0 Å². The number of likely N-dealkylation sites (tertiary alicyclic amines) is 1. The third-order valence-electron chi connectivity index (χ3n) is 4.48. The lowest BCUT2D eigenvalue weighted by molar-refractivity contribution is -0.162. The van der Waals surface area contributed by atoms with Crippen LogP contribution in [-0.2, 0) is 19.8 Å². The Kier molecular flexibility index (Phi) is 3.61. The molecule has 1 saturated heterocycles. The summed E-state index contributed by atoms with van der Waals surface area (Å²) in [6.07, 6.45) is 0.170. The molecule has 1 aliphatic heterocycles. The second-order valence-corrected chi connectivity index (χ2v) is 5.84. The quantitative estimate of drug-likeness (QED) is 0.860. The van der Waals surface area contributed by atoms with Crippen LogP contribution in [0.1, 0.15) is 39.2 Å². The van der Waals surface area contributed by atoms with Crippen LogP contribution in [0.3, 0.4) is 0 Å². The van der Waals surface area contributed by atoms with Crippen LogP contribution in [-0.4, -0.2) is 33.3 Å². The minimum absolute atomic E-state index is 0.00127. The molecule has 0 bridgehead atoms. The van der Waals surface area contributed by atoms with Crippen molar-refractivity contribution in [2.45, 2.75) is 44.6 Å². The molecule has 21 heavy (non-hydrogen) atoms. The van der Waals surface area contributed by atoms with E-state index < -0.39 is 28.7 Å². The summed E-state index contributed by atoms with van der Waals surface area (Å²) in [6, 6.07) is 9.02. The fourth-order valence-corrected chi connectivity index (χ4v) is 2.75. The number of carbonyl (C=O) groups is 3. The number of benzene rings is 1. The first-order valence-electron chi connectivity index (χ1n) is 6.94. The molecule has 5 heteroatoms. The number of carboxylic acid groups (broad SMARTS) is 1. The van der Waals surface area contributed by atoms with Crippen LogP contribution in [0.15, 0.2) is 30.3 Å². The number of amides is 2. The second kappa shape index (κ2) is 4.98. The van der Waals surface area contributed by atoms with E-state index in [2.05, 4.69) is 0 Å². The van der Waals surface area contributed by atoms with Crippen LogP contribution in [0.2, 0.25) is 0 Å². The average Bonchev–Trinajstić information content (AvgIpc) is 2.70. The van der Waals surface area contributed by atoms with Gasteiger partial charge >= 0.3 is 5.97 Å². The van der Waals surface area contributed by atoms with Gasteiger partial charge in [0.15, 0.2) is 0 Å². The molecule has 2 rings (SSSR count). The first-order chi connectivity index (χ1) is 9.77. The molecule has 0 radical (unpaired) electrons. The molecule has 1 N–H and O–H groups in total. The Labute approximate surface area is 123 Å². The summed E-state index contributed by atoms with van der Waals surface area (Å²) in [7, 11) is 0. The van der Waals surface area contributed by atoms with Crippen LogP contribution < -0.4 is 0 Å². The van der Waals surface area contributed by atoms with Gasteiger partial charge in [0, 0.05) is 6.42 Å². The molecular weight excluding hydrogens is 270 g/mol. The molecule has 112 valence electrons. The zero-order chi connectivity index (χ0) is 15.8. The van der Waals surface area contributed by atoms with E-state index in [0.717, 1.165) is 10.5 Å². The maximum Gasteiger partial charge on any atom is 0.329 e. The van der Waals surface area contributed by atoms with Gasteiger partial charge in [0.2, 0.25) is 11.8 Å². The normalized spacial score (nSPS) is 25.0. The van der Waals surface area contributed by atoms with Gasteiger partial charge < -0.3 is 5.11 Å². The highest BCUT2D eigenvalue weighted by Crippen LogP contribution is 2.40. The summed E-state index contributed by atoms with van der Waals surface area (Å²) >= 11 is 0. The van der Waals surface area contributed by atoms with Gasteiger partial charge in [0.25, 0.3) is 0 Å². The predicted molar refractivity (Wildman–Crippen MR) is 76.6 cm³/mol. The zero-order valence-corrected chi connectivity index (χ0v) is 12.4. The number of imide groups is 1. The van der Waals surface area contributed by atoms with Gasteiger partial charge in [-0.2, -0.15) is 0 Å². The zero-order valence-electron chi connectivity index (χ0n) is 12.4. The number of rotatable bonds is 4. The second-order valence-electron chi connectivity index (χ2n) is 5.84. The van der Waals surface area contributed by atoms with Crippen LogP contribution in [0.4, 0.5) is 0 Å². The van der Waals surface area contributed by atoms with Gasteiger partial charge in [0.05, 0.1) is 5.41 Å². The minimum Gasteiger partial charge on any atom is -0.479 e. The molecule has 0 saturated carbocycles. The van der Waals surface area contributed by atoms with Crippen molar-refractivity contribution in [2.24, 2.45) is 0 Å². The molecule has 2 amide bonds. The van der Waals surface area contributed by atoms with Gasteiger partial charge in [0.1, 0.15) is 5.54 Å². The fourth-order valence-electron chi connectivity index (χ4n) is 2.75. The number of carbonyl (C=O) groups excluding carboxylic acids is 2. The summed E-state index contributed by atoms with van der Waals surface area (Å²) in [5.74, 6) is -2.03. The summed E-state index contributed by atoms with van der Waals surface area (Å²) < 4.78 is 0. The molecule has 1 heterocycles. The Morgan fingerprint density at radius 1 is 1.33 bits per heavy atom. The first-order valence-corrected chi connectivity index (χ1v) is 6.94. The van der Waals surface area contributed by atoms with Crippen LogP contribution in [0.25, 0.3) is 0 Å². The Morgan fingerprint density at radius 2 is 1.90 bits per heavy atom. The number of hydrogen-bond acceptors (Lipinski definition) is 3. The highest BCUT2D eigenvalue weighted by atomic mass is 16.4. The van der Waals surface area contributed by atoms with E-state index in [4.69, 9.17) is 0 Å². The van der Waals surface area contributed by atoms with Crippen molar-refractivity contribution in [2.75, 3.05) is 0 Å². The largest absolute Gasteiger partial charge is 0.479 e. The topological polar surface area (TPSA) is 74.7 Å². The molecule has 1 fully saturated rings. The molecular formula is C16H19NO4. The summed E-state index contributed by atoms with van der Waals surface area (Å²) in [4.78, 5) is 37.6. The van der Waals surface area contributed by atoms with E-state index in [9.17, 15) is 19.5 Å². The third-order valence-corrected chi connectivity index (χ3v) is 4.48. The highest BCUT2D eigenvalue weighted by Gasteiger charge is 2.56. The SMILES string of the molecule is CCC(C)(C(=O)O)N1C(=O)CC(C)(c2ccccc2)C1=O. The molecule has 0 spiro atoms. The lowest BCUT2D eigenvalue weighted by Gasteiger charge is -2.34. The van der Waals surface area contributed by atoms with Crippen LogP contribution in [0, 0.1) is 0 Å². The average molecular weight is 289 g/mol. The number of nitrogens with zero attached hydrogens (tertiary/aromatic N) is 1. The Balaban J connectivity index is 2.49. The summed E-state index contributed by atoms with van der Waals surface area (Å²) in [5, 5.41) is 9.42. The van der Waals surface area contributed by atoms with Crippen molar-refractivity contribution in [1.82, 2.24) is 4.90 Å². The van der Waals surface area contributed by atoms with Crippen LogP contribution in [0.5, 0.6) is 0 Å². The van der Waals surface area contributed by atoms with Gasteiger partial charge in [-0.1, -0.05) is 37.3 Å². The number of carboxylic acids is 1. The first kappa shape index (κ1) is 15.2. The van der Waals surface area contributed by atoms with Crippen molar-refractivity contribution >= 4 is 17.8 Å². The van der Waals surface area contributed by atoms with E-state index in [1.807, 2.05) is 6.07 Å². The molecule has 2 unspecified atom stereocenters. The van der Waals surface area contributed by atoms with E-state index in [-0.39, 0.29) is 12.8 Å². The van der Waals surface area contributed by atoms with E-state index in [1.165, 1.54) is 6.92 Å². The lowest BCUT2D eigenvalue weighted by atomic mass is 9.81. The summed E-state index contributed by atoms with van der Waals surface area (Å²) in [6.45, 7) is 4.77. The molecule has 2 atom stereocenters. The number of aliphatic carboxylic acids is 1. The molecule has 5 nitrogen and oxygen atoms in total. The smallest absolute Gasteiger partial charge is 0.329 e. The standard InChI is InChI=1S/C16H19NO4/c1-4-16(3,14(20)21)17-12(18)10-15(2,13(17)19)11-8-6-5-7-9-11/h5-9H,4,10H2,1-3H3,(H,20,21). The molecule has 1 aromatic carbocycles.